The quantitative estimate of drug-likeness (QED) is 0.405. The summed E-state index contributed by atoms with van der Waals surface area (Å²) in [5, 5.41) is 23.6. The predicted octanol–water partition coefficient (Wildman–Crippen LogP) is 2.09. The fourth-order valence-corrected chi connectivity index (χ4v) is 1.96. The summed E-state index contributed by atoms with van der Waals surface area (Å²) in [7, 11) is 0. The minimum Gasteiger partial charge on any atom is -0.393 e. The van der Waals surface area contributed by atoms with Gasteiger partial charge in [-0.15, -0.1) is 0 Å². The molecule has 0 bridgehead atoms. The van der Waals surface area contributed by atoms with E-state index in [1.54, 1.807) is 6.92 Å². The van der Waals surface area contributed by atoms with Gasteiger partial charge in [0.15, 0.2) is 0 Å². The number of amides is 1. The van der Waals surface area contributed by atoms with Crippen LogP contribution in [-0.2, 0) is 0 Å². The number of hydrogen-bond donors (Lipinski definition) is 3. The molecule has 0 saturated heterocycles. The van der Waals surface area contributed by atoms with Gasteiger partial charge < -0.3 is 16.2 Å². The molecule has 0 spiro atoms. The van der Waals surface area contributed by atoms with Gasteiger partial charge in [-0.3, -0.25) is 14.9 Å². The van der Waals surface area contributed by atoms with Crippen molar-refractivity contribution in [2.45, 2.75) is 39.2 Å². The first-order valence-electron chi connectivity index (χ1n) is 7.17. The van der Waals surface area contributed by atoms with E-state index in [2.05, 4.69) is 19.2 Å². The maximum absolute atomic E-state index is 12.1. The second kappa shape index (κ2) is 7.22. The summed E-state index contributed by atoms with van der Waals surface area (Å²) in [6.45, 7) is 5.81. The van der Waals surface area contributed by atoms with Crippen molar-refractivity contribution in [1.29, 1.82) is 0 Å². The zero-order valence-corrected chi connectivity index (χ0v) is 13.1. The molecule has 0 heterocycles. The Bertz CT molecular complexity index is 556. The number of carbonyl (C=O) groups is 1. The normalized spacial score (nSPS) is 13.7. The van der Waals surface area contributed by atoms with E-state index >= 15 is 0 Å². The first-order valence-corrected chi connectivity index (χ1v) is 7.17. The summed E-state index contributed by atoms with van der Waals surface area (Å²) in [4.78, 5) is 22.3. The fourth-order valence-electron chi connectivity index (χ4n) is 1.96. The Kier molecular flexibility index (Phi) is 5.87. The third-order valence-corrected chi connectivity index (χ3v) is 3.41. The number of nitrogen functional groups attached to an aromatic ring is 1. The molecule has 0 radical (unpaired) electrons. The maximum atomic E-state index is 12.1. The van der Waals surface area contributed by atoms with Crippen LogP contribution in [0.3, 0.4) is 0 Å². The smallest absolute Gasteiger partial charge is 0.292 e. The van der Waals surface area contributed by atoms with E-state index in [-0.39, 0.29) is 23.5 Å². The number of nitro groups is 1. The van der Waals surface area contributed by atoms with Crippen LogP contribution in [0.2, 0.25) is 0 Å². The van der Waals surface area contributed by atoms with E-state index in [1.165, 1.54) is 18.2 Å². The average Bonchev–Trinajstić information content (AvgIpc) is 2.43. The number of carbonyl (C=O) groups excluding carboxylic acids is 1. The van der Waals surface area contributed by atoms with Gasteiger partial charge in [-0.1, -0.05) is 19.9 Å². The van der Waals surface area contributed by atoms with Gasteiger partial charge in [0.25, 0.3) is 11.6 Å². The third kappa shape index (κ3) is 5.00. The van der Waals surface area contributed by atoms with Crippen LogP contribution in [0.1, 0.15) is 44.0 Å². The topological polar surface area (TPSA) is 118 Å². The van der Waals surface area contributed by atoms with Crippen LogP contribution in [-0.4, -0.2) is 28.1 Å². The zero-order valence-electron chi connectivity index (χ0n) is 13.1. The van der Waals surface area contributed by atoms with E-state index in [4.69, 9.17) is 5.73 Å². The largest absolute Gasteiger partial charge is 0.393 e. The number of nitrogens with zero attached hydrogens (tertiary/aromatic N) is 1. The number of nitrogens with two attached hydrogens (primary N) is 1. The summed E-state index contributed by atoms with van der Waals surface area (Å²) in [5.41, 5.74) is 4.18. The second-order valence-corrected chi connectivity index (χ2v) is 6.11. The third-order valence-electron chi connectivity index (χ3n) is 3.41. The molecule has 1 atom stereocenters. The Labute approximate surface area is 129 Å². The highest BCUT2D eigenvalue weighted by Gasteiger charge is 2.24. The lowest BCUT2D eigenvalue weighted by atomic mass is 9.95. The number of hydrogen-bond acceptors (Lipinski definition) is 5. The monoisotopic (exact) mass is 309 g/mol. The van der Waals surface area contributed by atoms with E-state index < -0.39 is 16.4 Å². The Hall–Kier alpha value is -2.15. The molecule has 22 heavy (non-hydrogen) atoms. The van der Waals surface area contributed by atoms with Crippen molar-refractivity contribution >= 4 is 17.3 Å². The fraction of sp³-hybridized carbons (Fsp3) is 0.533. The molecule has 1 rings (SSSR count). The molecule has 1 amide bonds. The lowest BCUT2D eigenvalue weighted by Gasteiger charge is -2.24. The number of nitro benzene ring substituents is 1. The van der Waals surface area contributed by atoms with Gasteiger partial charge in [-0.25, -0.2) is 0 Å². The molecule has 7 nitrogen and oxygen atoms in total. The average molecular weight is 309 g/mol. The highest BCUT2D eigenvalue weighted by atomic mass is 16.6. The van der Waals surface area contributed by atoms with Gasteiger partial charge in [-0.05, 0) is 31.7 Å². The summed E-state index contributed by atoms with van der Waals surface area (Å²) in [6.07, 6.45) is 1.39. The number of para-hydroxylation sites is 1. The number of aliphatic hydroxyl groups is 1. The van der Waals surface area contributed by atoms with Crippen molar-refractivity contribution in [2.75, 3.05) is 12.3 Å². The van der Waals surface area contributed by atoms with Crippen molar-refractivity contribution in [3.8, 4) is 0 Å². The molecule has 0 aliphatic heterocycles. The van der Waals surface area contributed by atoms with Gasteiger partial charge in [-0.2, -0.15) is 0 Å². The number of anilines is 1. The Morgan fingerprint density at radius 2 is 2.14 bits per heavy atom. The number of rotatable bonds is 7. The van der Waals surface area contributed by atoms with E-state index in [1.807, 2.05) is 0 Å². The molecule has 1 unspecified atom stereocenters. The van der Waals surface area contributed by atoms with E-state index in [0.29, 0.717) is 12.3 Å². The van der Waals surface area contributed by atoms with Crippen LogP contribution in [0.25, 0.3) is 0 Å². The van der Waals surface area contributed by atoms with Gasteiger partial charge in [0.1, 0.15) is 5.69 Å². The lowest BCUT2D eigenvalue weighted by Crippen LogP contribution is -2.41. The number of nitrogens with one attached hydrogen (secondary N) is 1. The Morgan fingerprint density at radius 1 is 1.50 bits per heavy atom. The highest BCUT2D eigenvalue weighted by molar-refractivity contribution is 6.01. The molecule has 0 saturated carbocycles. The van der Waals surface area contributed by atoms with Gasteiger partial charge >= 0.3 is 0 Å². The van der Waals surface area contributed by atoms with Gasteiger partial charge in [0.05, 0.1) is 16.1 Å². The summed E-state index contributed by atoms with van der Waals surface area (Å²) in [6, 6.07) is 4.06. The molecule has 4 N–H and O–H groups in total. The van der Waals surface area contributed by atoms with E-state index in [9.17, 15) is 20.0 Å². The van der Waals surface area contributed by atoms with Crippen molar-refractivity contribution in [1.82, 2.24) is 5.32 Å². The summed E-state index contributed by atoms with van der Waals surface area (Å²) in [5.74, 6) is -0.0828. The zero-order chi connectivity index (χ0) is 16.9. The molecule has 1 aromatic rings. The van der Waals surface area contributed by atoms with Crippen LogP contribution in [0.4, 0.5) is 11.4 Å². The molecule has 0 aromatic heterocycles. The molecule has 1 aromatic carbocycles. The molecule has 0 aliphatic rings. The molecule has 0 aliphatic carbocycles. The molecule has 7 heteroatoms. The van der Waals surface area contributed by atoms with Crippen LogP contribution >= 0.6 is 0 Å². The van der Waals surface area contributed by atoms with Crippen molar-refractivity contribution in [2.24, 2.45) is 5.92 Å². The number of benzene rings is 1. The van der Waals surface area contributed by atoms with Gasteiger partial charge in [0, 0.05) is 12.6 Å². The van der Waals surface area contributed by atoms with Crippen LogP contribution in [0.15, 0.2) is 18.2 Å². The van der Waals surface area contributed by atoms with E-state index in [0.717, 1.165) is 6.42 Å². The standard InChI is InChI=1S/C15H23N3O4/c1-10(2)7-8-15(3,20)9-17-14(19)11-5-4-6-12(13(11)16)18(21)22/h4-6,10,20H,7-9,16H2,1-3H3,(H,17,19). The minimum absolute atomic E-state index is 0.0360. The van der Waals surface area contributed by atoms with Crippen LogP contribution < -0.4 is 11.1 Å². The van der Waals surface area contributed by atoms with Crippen molar-refractivity contribution in [3.63, 3.8) is 0 Å². The Morgan fingerprint density at radius 3 is 2.68 bits per heavy atom. The molecule has 122 valence electrons. The highest BCUT2D eigenvalue weighted by Crippen LogP contribution is 2.24. The molecular formula is C15H23N3O4. The van der Waals surface area contributed by atoms with Crippen molar-refractivity contribution < 1.29 is 14.8 Å². The second-order valence-electron chi connectivity index (χ2n) is 6.11. The first kappa shape index (κ1) is 17.9. The Balaban J connectivity index is 2.74. The van der Waals surface area contributed by atoms with Crippen LogP contribution in [0, 0.1) is 16.0 Å². The molecular weight excluding hydrogens is 286 g/mol. The van der Waals surface area contributed by atoms with Crippen LogP contribution in [0.5, 0.6) is 0 Å². The summed E-state index contributed by atoms with van der Waals surface area (Å²) >= 11 is 0. The maximum Gasteiger partial charge on any atom is 0.292 e. The van der Waals surface area contributed by atoms with Gasteiger partial charge in [0.2, 0.25) is 0 Å². The molecule has 0 fully saturated rings. The first-order chi connectivity index (χ1) is 10.1. The SMILES string of the molecule is CC(C)CCC(C)(O)CNC(=O)c1cccc([N+](=O)[O-])c1N. The lowest BCUT2D eigenvalue weighted by molar-refractivity contribution is -0.383. The summed E-state index contributed by atoms with van der Waals surface area (Å²) < 4.78 is 0. The predicted molar refractivity (Wildman–Crippen MR) is 84.5 cm³/mol. The van der Waals surface area contributed by atoms with Crippen molar-refractivity contribution in [3.05, 3.63) is 33.9 Å². The minimum atomic E-state index is -1.03.